The van der Waals surface area contributed by atoms with Gasteiger partial charge in [0.05, 0.1) is 6.04 Å². The number of hydrogen-bond acceptors (Lipinski definition) is 2. The Kier molecular flexibility index (Phi) is 5.22. The maximum Gasteiger partial charge on any atom is 0.322 e. The molecule has 2 aromatic carbocycles. The Labute approximate surface area is 163 Å². The van der Waals surface area contributed by atoms with Crippen LogP contribution in [0.1, 0.15) is 34.9 Å². The van der Waals surface area contributed by atoms with Gasteiger partial charge in [-0.2, -0.15) is 0 Å². The van der Waals surface area contributed by atoms with Crippen molar-refractivity contribution in [3.63, 3.8) is 0 Å². The zero-order valence-corrected chi connectivity index (χ0v) is 15.7. The molecule has 0 bridgehead atoms. The Bertz CT molecular complexity index is 970. The molecule has 0 aliphatic carbocycles. The average Bonchev–Trinajstić information content (AvgIpc) is 3.39. The van der Waals surface area contributed by atoms with Gasteiger partial charge in [-0.05, 0) is 54.6 Å². The summed E-state index contributed by atoms with van der Waals surface area (Å²) in [5, 5.41) is 5.11. The molecule has 2 heterocycles. The molecule has 134 valence electrons. The van der Waals surface area contributed by atoms with Crippen LogP contribution in [0, 0.1) is 11.8 Å². The monoisotopic (exact) mass is 372 g/mol. The molecule has 0 radical (unpaired) electrons. The summed E-state index contributed by atoms with van der Waals surface area (Å²) >= 11 is 1.71. The van der Waals surface area contributed by atoms with Gasteiger partial charge < -0.3 is 10.2 Å². The van der Waals surface area contributed by atoms with Gasteiger partial charge >= 0.3 is 6.03 Å². The second-order valence-corrected chi connectivity index (χ2v) is 7.47. The van der Waals surface area contributed by atoms with Crippen molar-refractivity contribution in [1.82, 2.24) is 4.90 Å². The van der Waals surface area contributed by atoms with Crippen LogP contribution in [-0.2, 0) is 0 Å². The Balaban J connectivity index is 1.47. The molecular weight excluding hydrogens is 352 g/mol. The van der Waals surface area contributed by atoms with Crippen LogP contribution in [0.4, 0.5) is 10.5 Å². The predicted molar refractivity (Wildman–Crippen MR) is 111 cm³/mol. The molecule has 4 heteroatoms. The number of thiophene rings is 1. The molecule has 4 rings (SSSR count). The lowest BCUT2D eigenvalue weighted by Gasteiger charge is -2.24. The maximum absolute atomic E-state index is 12.8. The number of nitrogens with zero attached hydrogens (tertiary/aromatic N) is 1. The fourth-order valence-electron chi connectivity index (χ4n) is 3.32. The Morgan fingerprint density at radius 2 is 1.81 bits per heavy atom. The minimum atomic E-state index is -0.0425. The molecule has 0 spiro atoms. The van der Waals surface area contributed by atoms with Crippen LogP contribution in [0.2, 0.25) is 0 Å². The number of carbonyl (C=O) groups is 1. The first-order valence-electron chi connectivity index (χ1n) is 9.08. The summed E-state index contributed by atoms with van der Waals surface area (Å²) in [4.78, 5) is 16.0. The lowest BCUT2D eigenvalue weighted by atomic mass is 10.1. The minimum Gasteiger partial charge on any atom is -0.317 e. The quantitative estimate of drug-likeness (QED) is 0.591. The predicted octanol–water partition coefficient (Wildman–Crippen LogP) is 5.52. The highest BCUT2D eigenvalue weighted by Crippen LogP contribution is 2.34. The van der Waals surface area contributed by atoms with Crippen molar-refractivity contribution in [2.24, 2.45) is 0 Å². The lowest BCUT2D eigenvalue weighted by Crippen LogP contribution is -2.34. The fourth-order valence-corrected chi connectivity index (χ4v) is 4.20. The highest BCUT2D eigenvalue weighted by atomic mass is 32.1. The molecule has 2 amide bonds. The van der Waals surface area contributed by atoms with Crippen LogP contribution >= 0.6 is 11.3 Å². The SMILES string of the molecule is O=C(Nc1cccc(C#Cc2ccccc2)c1)N1CCCC1c1cccs1. The first kappa shape index (κ1) is 17.4. The first-order chi connectivity index (χ1) is 13.3. The van der Waals surface area contributed by atoms with E-state index in [2.05, 4.69) is 28.6 Å². The van der Waals surface area contributed by atoms with Crippen molar-refractivity contribution >= 4 is 23.1 Å². The number of urea groups is 1. The summed E-state index contributed by atoms with van der Waals surface area (Å²) in [6, 6.07) is 21.9. The molecule has 1 N–H and O–H groups in total. The van der Waals surface area contributed by atoms with E-state index in [1.165, 1.54) is 4.88 Å². The van der Waals surface area contributed by atoms with E-state index in [0.29, 0.717) is 0 Å². The van der Waals surface area contributed by atoms with Crippen molar-refractivity contribution in [2.45, 2.75) is 18.9 Å². The summed E-state index contributed by atoms with van der Waals surface area (Å²) in [6.07, 6.45) is 2.06. The van der Waals surface area contributed by atoms with Gasteiger partial charge in [0, 0.05) is 28.2 Å². The maximum atomic E-state index is 12.8. The molecule has 1 aromatic heterocycles. The third kappa shape index (κ3) is 4.21. The Morgan fingerprint density at radius 3 is 2.63 bits per heavy atom. The van der Waals surface area contributed by atoms with Crippen LogP contribution in [0.25, 0.3) is 0 Å². The van der Waals surface area contributed by atoms with E-state index in [4.69, 9.17) is 0 Å². The van der Waals surface area contributed by atoms with Crippen molar-refractivity contribution in [3.05, 3.63) is 88.1 Å². The Morgan fingerprint density at radius 1 is 1.00 bits per heavy atom. The number of rotatable bonds is 2. The molecule has 1 fully saturated rings. The number of benzene rings is 2. The van der Waals surface area contributed by atoms with Crippen LogP contribution in [0.3, 0.4) is 0 Å². The molecule has 1 atom stereocenters. The summed E-state index contributed by atoms with van der Waals surface area (Å²) in [5.41, 5.74) is 2.63. The molecular formula is C23H20N2OS. The van der Waals surface area contributed by atoms with Crippen LogP contribution in [0.15, 0.2) is 72.1 Å². The number of likely N-dealkylation sites (tertiary alicyclic amines) is 1. The van der Waals surface area contributed by atoms with Crippen LogP contribution in [0.5, 0.6) is 0 Å². The standard InChI is InChI=1S/C23H20N2OS/c26-23(25-15-5-11-21(25)22-12-6-16-27-22)24-20-10-4-9-19(17-20)14-13-18-7-2-1-3-8-18/h1-4,6-10,12,16-17,21H,5,11,15H2,(H,24,26). The third-order valence-electron chi connectivity index (χ3n) is 4.62. The minimum absolute atomic E-state index is 0.0425. The highest BCUT2D eigenvalue weighted by Gasteiger charge is 2.30. The van der Waals surface area contributed by atoms with Crippen molar-refractivity contribution < 1.29 is 4.79 Å². The number of amides is 2. The molecule has 1 saturated heterocycles. The largest absolute Gasteiger partial charge is 0.322 e. The van der Waals surface area contributed by atoms with Crippen molar-refractivity contribution in [3.8, 4) is 11.8 Å². The van der Waals surface area contributed by atoms with Gasteiger partial charge in [-0.15, -0.1) is 11.3 Å². The van der Waals surface area contributed by atoms with Crippen molar-refractivity contribution in [2.75, 3.05) is 11.9 Å². The Hall–Kier alpha value is -3.03. The summed E-state index contributed by atoms with van der Waals surface area (Å²) < 4.78 is 0. The lowest BCUT2D eigenvalue weighted by molar-refractivity contribution is 0.208. The second kappa shape index (κ2) is 8.11. The van der Waals surface area contributed by atoms with Crippen LogP contribution < -0.4 is 5.32 Å². The van der Waals surface area contributed by atoms with E-state index in [1.807, 2.05) is 65.6 Å². The molecule has 0 saturated carbocycles. The molecule has 1 aliphatic heterocycles. The topological polar surface area (TPSA) is 32.3 Å². The molecule has 3 aromatic rings. The second-order valence-electron chi connectivity index (χ2n) is 6.49. The van der Waals surface area contributed by atoms with Gasteiger partial charge in [-0.3, -0.25) is 0 Å². The van der Waals surface area contributed by atoms with E-state index in [-0.39, 0.29) is 12.1 Å². The summed E-state index contributed by atoms with van der Waals surface area (Å²) in [5.74, 6) is 6.31. The highest BCUT2D eigenvalue weighted by molar-refractivity contribution is 7.10. The number of hydrogen-bond donors (Lipinski definition) is 1. The van der Waals surface area contributed by atoms with Gasteiger partial charge in [0.1, 0.15) is 0 Å². The molecule has 3 nitrogen and oxygen atoms in total. The number of anilines is 1. The van der Waals surface area contributed by atoms with E-state index < -0.39 is 0 Å². The fraction of sp³-hybridized carbons (Fsp3) is 0.174. The van der Waals surface area contributed by atoms with Gasteiger partial charge in [0.2, 0.25) is 0 Å². The average molecular weight is 372 g/mol. The zero-order valence-electron chi connectivity index (χ0n) is 14.9. The third-order valence-corrected chi connectivity index (χ3v) is 5.60. The van der Waals surface area contributed by atoms with E-state index in [1.54, 1.807) is 11.3 Å². The van der Waals surface area contributed by atoms with E-state index in [0.717, 1.165) is 36.2 Å². The summed E-state index contributed by atoms with van der Waals surface area (Å²) in [6.45, 7) is 0.794. The normalized spacial score (nSPS) is 15.9. The van der Waals surface area contributed by atoms with Gasteiger partial charge in [0.25, 0.3) is 0 Å². The van der Waals surface area contributed by atoms with Gasteiger partial charge in [-0.1, -0.05) is 42.2 Å². The summed E-state index contributed by atoms with van der Waals surface area (Å²) in [7, 11) is 0. The molecule has 27 heavy (non-hydrogen) atoms. The first-order valence-corrected chi connectivity index (χ1v) is 9.96. The van der Waals surface area contributed by atoms with Crippen LogP contribution in [-0.4, -0.2) is 17.5 Å². The van der Waals surface area contributed by atoms with Crippen molar-refractivity contribution in [1.29, 1.82) is 0 Å². The number of carbonyl (C=O) groups excluding carboxylic acids is 1. The number of nitrogens with one attached hydrogen (secondary N) is 1. The molecule has 1 unspecified atom stereocenters. The smallest absolute Gasteiger partial charge is 0.317 e. The van der Waals surface area contributed by atoms with Gasteiger partial charge in [0.15, 0.2) is 0 Å². The van der Waals surface area contributed by atoms with E-state index >= 15 is 0 Å². The molecule has 1 aliphatic rings. The zero-order chi connectivity index (χ0) is 18.5. The van der Waals surface area contributed by atoms with Gasteiger partial charge in [-0.25, -0.2) is 4.79 Å². The van der Waals surface area contributed by atoms with E-state index in [9.17, 15) is 4.79 Å².